The van der Waals surface area contributed by atoms with Crippen molar-refractivity contribution in [3.8, 4) is 5.75 Å². The highest BCUT2D eigenvalue weighted by atomic mass is 32.2. The van der Waals surface area contributed by atoms with E-state index in [1.54, 1.807) is 48.5 Å². The summed E-state index contributed by atoms with van der Waals surface area (Å²) in [6.07, 6.45) is 1.54. The van der Waals surface area contributed by atoms with Crippen LogP contribution >= 0.6 is 11.8 Å². The lowest BCUT2D eigenvalue weighted by Gasteiger charge is -2.04. The highest BCUT2D eigenvalue weighted by molar-refractivity contribution is 8.00. The van der Waals surface area contributed by atoms with Gasteiger partial charge in [-0.2, -0.15) is 5.10 Å². The van der Waals surface area contributed by atoms with Gasteiger partial charge in [0, 0.05) is 4.90 Å². The highest BCUT2D eigenvalue weighted by Crippen LogP contribution is 2.17. The molecule has 29 heavy (non-hydrogen) atoms. The number of aryl methyl sites for hydroxylation is 1. The monoisotopic (exact) mass is 404 g/mol. The average Bonchev–Trinajstić information content (AvgIpc) is 2.75. The maximum Gasteiger partial charge on any atom is 0.343 e. The quantitative estimate of drug-likeness (QED) is 0.208. The van der Waals surface area contributed by atoms with E-state index < -0.39 is 5.97 Å². The molecular weight excluding hydrogens is 384 g/mol. The average molecular weight is 404 g/mol. The van der Waals surface area contributed by atoms with Crippen molar-refractivity contribution in [3.05, 3.63) is 95.6 Å². The molecule has 3 aromatic rings. The summed E-state index contributed by atoms with van der Waals surface area (Å²) >= 11 is 1.45. The molecule has 0 saturated carbocycles. The molecule has 0 radical (unpaired) electrons. The first-order valence-corrected chi connectivity index (χ1v) is 9.97. The van der Waals surface area contributed by atoms with Crippen molar-refractivity contribution < 1.29 is 14.3 Å². The fraction of sp³-hybridized carbons (Fsp3) is 0.0870. The summed E-state index contributed by atoms with van der Waals surface area (Å²) in [7, 11) is 0. The number of carbonyl (C=O) groups is 2. The lowest BCUT2D eigenvalue weighted by Crippen LogP contribution is -2.19. The molecule has 5 nitrogen and oxygen atoms in total. The Bertz CT molecular complexity index is 985. The van der Waals surface area contributed by atoms with E-state index in [2.05, 4.69) is 10.5 Å². The van der Waals surface area contributed by atoms with Gasteiger partial charge in [-0.3, -0.25) is 4.79 Å². The number of hydrogen-bond donors (Lipinski definition) is 1. The van der Waals surface area contributed by atoms with Crippen LogP contribution in [0.25, 0.3) is 0 Å². The Morgan fingerprint density at radius 3 is 2.34 bits per heavy atom. The van der Waals surface area contributed by atoms with E-state index in [1.165, 1.54) is 23.5 Å². The minimum atomic E-state index is -0.412. The summed E-state index contributed by atoms with van der Waals surface area (Å²) < 4.78 is 5.32. The maximum atomic E-state index is 12.0. The van der Waals surface area contributed by atoms with Gasteiger partial charge in [-0.1, -0.05) is 35.9 Å². The van der Waals surface area contributed by atoms with E-state index in [1.807, 2.05) is 37.3 Å². The van der Waals surface area contributed by atoms with Gasteiger partial charge in [0.05, 0.1) is 17.5 Å². The van der Waals surface area contributed by atoms with Crippen LogP contribution in [-0.4, -0.2) is 23.8 Å². The van der Waals surface area contributed by atoms with Crippen LogP contribution in [0.5, 0.6) is 5.75 Å². The lowest BCUT2D eigenvalue weighted by atomic mass is 10.2. The molecule has 0 aliphatic rings. The molecule has 0 unspecified atom stereocenters. The van der Waals surface area contributed by atoms with Crippen molar-refractivity contribution in [2.24, 2.45) is 5.10 Å². The molecule has 0 aliphatic carbocycles. The first kappa shape index (κ1) is 20.4. The Kier molecular flexibility index (Phi) is 7.19. The molecular formula is C23H20N2O3S. The van der Waals surface area contributed by atoms with Crippen molar-refractivity contribution in [2.45, 2.75) is 11.8 Å². The van der Waals surface area contributed by atoms with E-state index in [0.717, 1.165) is 10.5 Å². The van der Waals surface area contributed by atoms with Crippen LogP contribution in [0.4, 0.5) is 0 Å². The zero-order valence-electron chi connectivity index (χ0n) is 15.9. The molecule has 146 valence electrons. The number of esters is 1. The largest absolute Gasteiger partial charge is 0.423 e. The molecule has 0 bridgehead atoms. The third-order valence-electron chi connectivity index (χ3n) is 3.89. The van der Waals surface area contributed by atoms with Crippen molar-refractivity contribution in [1.29, 1.82) is 0 Å². The Morgan fingerprint density at radius 1 is 0.966 bits per heavy atom. The van der Waals surface area contributed by atoms with Gasteiger partial charge in [-0.25, -0.2) is 10.2 Å². The fourth-order valence-electron chi connectivity index (χ4n) is 2.36. The number of rotatable bonds is 7. The Balaban J connectivity index is 1.45. The Labute approximate surface area is 173 Å². The van der Waals surface area contributed by atoms with Crippen LogP contribution in [0.2, 0.25) is 0 Å². The number of amides is 1. The number of ether oxygens (including phenoxy) is 1. The van der Waals surface area contributed by atoms with Crippen LogP contribution in [0.1, 0.15) is 21.5 Å². The first-order chi connectivity index (χ1) is 14.1. The second-order valence-corrected chi connectivity index (χ2v) is 7.27. The van der Waals surface area contributed by atoms with Crippen molar-refractivity contribution in [3.63, 3.8) is 0 Å². The summed E-state index contributed by atoms with van der Waals surface area (Å²) in [5, 5.41) is 3.96. The molecule has 3 rings (SSSR count). The van der Waals surface area contributed by atoms with Crippen molar-refractivity contribution >= 4 is 29.9 Å². The van der Waals surface area contributed by atoms with E-state index in [-0.39, 0.29) is 11.7 Å². The Hall–Kier alpha value is -3.38. The van der Waals surface area contributed by atoms with E-state index in [0.29, 0.717) is 11.3 Å². The fourth-order valence-corrected chi connectivity index (χ4v) is 3.05. The van der Waals surface area contributed by atoms with Gasteiger partial charge < -0.3 is 4.74 Å². The van der Waals surface area contributed by atoms with Gasteiger partial charge in [-0.05, 0) is 61.0 Å². The smallest absolute Gasteiger partial charge is 0.343 e. The minimum absolute atomic E-state index is 0.180. The van der Waals surface area contributed by atoms with Gasteiger partial charge in [0.25, 0.3) is 0 Å². The normalized spacial score (nSPS) is 10.7. The summed E-state index contributed by atoms with van der Waals surface area (Å²) in [5.41, 5.74) is 4.95. The molecule has 6 heteroatoms. The van der Waals surface area contributed by atoms with Crippen molar-refractivity contribution in [1.82, 2.24) is 5.43 Å². The number of nitrogens with one attached hydrogen (secondary N) is 1. The topological polar surface area (TPSA) is 67.8 Å². The Morgan fingerprint density at radius 2 is 1.66 bits per heavy atom. The van der Waals surface area contributed by atoms with Gasteiger partial charge in [0.2, 0.25) is 5.91 Å². The molecule has 1 amide bonds. The van der Waals surface area contributed by atoms with Crippen LogP contribution in [-0.2, 0) is 4.79 Å². The van der Waals surface area contributed by atoms with Crippen molar-refractivity contribution in [2.75, 3.05) is 5.75 Å². The summed E-state index contributed by atoms with van der Waals surface area (Å²) in [6.45, 7) is 2.02. The SMILES string of the molecule is Cc1ccc(SCC(=O)N/N=C\c2ccc(OC(=O)c3ccccc3)cc2)cc1. The molecule has 1 N–H and O–H groups in total. The molecule has 0 saturated heterocycles. The van der Waals surface area contributed by atoms with Crippen LogP contribution in [0.3, 0.4) is 0 Å². The lowest BCUT2D eigenvalue weighted by molar-refractivity contribution is -0.118. The van der Waals surface area contributed by atoms with E-state index in [9.17, 15) is 9.59 Å². The molecule has 0 aliphatic heterocycles. The van der Waals surface area contributed by atoms with Gasteiger partial charge in [-0.15, -0.1) is 11.8 Å². The molecule has 3 aromatic carbocycles. The summed E-state index contributed by atoms with van der Waals surface area (Å²) in [5.74, 6) is 0.134. The number of hydrazone groups is 1. The number of nitrogens with zero attached hydrogens (tertiary/aromatic N) is 1. The molecule has 0 aromatic heterocycles. The second-order valence-electron chi connectivity index (χ2n) is 6.22. The number of carbonyl (C=O) groups excluding carboxylic acids is 2. The first-order valence-electron chi connectivity index (χ1n) is 8.99. The van der Waals surface area contributed by atoms with E-state index in [4.69, 9.17) is 4.74 Å². The summed E-state index contributed by atoms with van der Waals surface area (Å²) in [6, 6.07) is 23.7. The standard InChI is InChI=1S/C23H20N2O3S/c1-17-7-13-21(14-8-17)29-16-22(26)25-24-15-18-9-11-20(12-10-18)28-23(27)19-5-3-2-4-6-19/h2-15H,16H2,1H3,(H,25,26)/b24-15-. The summed E-state index contributed by atoms with van der Waals surface area (Å²) in [4.78, 5) is 24.9. The molecule has 0 atom stereocenters. The zero-order chi connectivity index (χ0) is 20.5. The maximum absolute atomic E-state index is 12.0. The predicted molar refractivity (Wildman–Crippen MR) is 115 cm³/mol. The highest BCUT2D eigenvalue weighted by Gasteiger charge is 2.07. The van der Waals surface area contributed by atoms with Gasteiger partial charge >= 0.3 is 5.97 Å². The van der Waals surface area contributed by atoms with Crippen LogP contribution in [0.15, 0.2) is 88.9 Å². The van der Waals surface area contributed by atoms with Gasteiger partial charge in [0.15, 0.2) is 0 Å². The van der Waals surface area contributed by atoms with Gasteiger partial charge in [0.1, 0.15) is 5.75 Å². The van der Waals surface area contributed by atoms with Crippen LogP contribution in [0, 0.1) is 6.92 Å². The van der Waals surface area contributed by atoms with Crippen LogP contribution < -0.4 is 10.2 Å². The third kappa shape index (κ3) is 6.62. The number of hydrogen-bond acceptors (Lipinski definition) is 5. The minimum Gasteiger partial charge on any atom is -0.423 e. The molecule has 0 heterocycles. The molecule has 0 fully saturated rings. The predicted octanol–water partition coefficient (Wildman–Crippen LogP) is 4.46. The third-order valence-corrected chi connectivity index (χ3v) is 4.91. The zero-order valence-corrected chi connectivity index (χ0v) is 16.7. The number of thioether (sulfide) groups is 1. The van der Waals surface area contributed by atoms with E-state index >= 15 is 0 Å². The number of benzene rings is 3. The second kappa shape index (κ2) is 10.2. The molecule has 0 spiro atoms.